The SMILES string of the molecule is Cc1nc(NCCNC(=O)c2cc(C3CC3)on2)cc(-n2ccnc2C)n1. The van der Waals surface area contributed by atoms with Gasteiger partial charge in [0.1, 0.15) is 29.0 Å². The molecule has 0 saturated heterocycles. The minimum absolute atomic E-state index is 0.235. The van der Waals surface area contributed by atoms with Gasteiger partial charge in [0.05, 0.1) is 0 Å². The minimum atomic E-state index is -0.235. The number of carbonyl (C=O) groups is 1. The van der Waals surface area contributed by atoms with E-state index in [2.05, 4.69) is 30.7 Å². The van der Waals surface area contributed by atoms with Crippen LogP contribution in [-0.2, 0) is 0 Å². The molecule has 3 heterocycles. The molecule has 9 nitrogen and oxygen atoms in total. The molecule has 1 fully saturated rings. The molecule has 3 aromatic rings. The summed E-state index contributed by atoms with van der Waals surface area (Å²) in [5.74, 6) is 3.96. The highest BCUT2D eigenvalue weighted by Gasteiger charge is 2.28. The highest BCUT2D eigenvalue weighted by molar-refractivity contribution is 5.92. The van der Waals surface area contributed by atoms with Crippen molar-refractivity contribution in [3.63, 3.8) is 0 Å². The number of imidazole rings is 1. The average Bonchev–Trinajstić information content (AvgIpc) is 3.21. The lowest BCUT2D eigenvalue weighted by molar-refractivity contribution is 0.0946. The van der Waals surface area contributed by atoms with Gasteiger partial charge in [0.2, 0.25) is 0 Å². The summed E-state index contributed by atoms with van der Waals surface area (Å²) >= 11 is 0. The van der Waals surface area contributed by atoms with E-state index >= 15 is 0 Å². The van der Waals surface area contributed by atoms with Crippen molar-refractivity contribution in [1.29, 1.82) is 0 Å². The molecule has 0 spiro atoms. The molecule has 4 rings (SSSR count). The lowest BCUT2D eigenvalue weighted by Gasteiger charge is -2.10. The zero-order valence-corrected chi connectivity index (χ0v) is 15.3. The van der Waals surface area contributed by atoms with Gasteiger partial charge in [-0.3, -0.25) is 9.36 Å². The fourth-order valence-electron chi connectivity index (χ4n) is 2.80. The molecular weight excluding hydrogens is 346 g/mol. The molecule has 0 aliphatic heterocycles. The number of hydrogen-bond donors (Lipinski definition) is 2. The molecule has 0 aromatic carbocycles. The zero-order chi connectivity index (χ0) is 18.8. The Bertz CT molecular complexity index is 958. The molecule has 0 atom stereocenters. The summed E-state index contributed by atoms with van der Waals surface area (Å²) in [6, 6.07) is 3.58. The minimum Gasteiger partial charge on any atom is -0.368 e. The van der Waals surface area contributed by atoms with E-state index in [-0.39, 0.29) is 5.91 Å². The van der Waals surface area contributed by atoms with Crippen molar-refractivity contribution in [3.05, 3.63) is 47.6 Å². The van der Waals surface area contributed by atoms with E-state index in [1.165, 1.54) is 0 Å². The standard InChI is InChI=1S/C18H21N7O2/c1-11-22-16(10-17(23-11)25-8-7-19-12(25)2)20-5-6-21-18(26)14-9-15(27-24-14)13-3-4-13/h7-10,13H,3-6H2,1-2H3,(H,21,26)(H,20,22,23). The van der Waals surface area contributed by atoms with Crippen molar-refractivity contribution in [1.82, 2.24) is 30.0 Å². The summed E-state index contributed by atoms with van der Waals surface area (Å²) in [6.07, 6.45) is 5.81. The van der Waals surface area contributed by atoms with Crippen molar-refractivity contribution in [2.75, 3.05) is 18.4 Å². The molecule has 9 heteroatoms. The summed E-state index contributed by atoms with van der Waals surface area (Å²) in [7, 11) is 0. The third-order valence-corrected chi connectivity index (χ3v) is 4.35. The van der Waals surface area contributed by atoms with E-state index in [1.54, 1.807) is 12.3 Å². The van der Waals surface area contributed by atoms with Crippen LogP contribution in [0.1, 0.15) is 46.7 Å². The molecule has 0 bridgehead atoms. The van der Waals surface area contributed by atoms with Gasteiger partial charge in [-0.1, -0.05) is 5.16 Å². The maximum Gasteiger partial charge on any atom is 0.273 e. The van der Waals surface area contributed by atoms with Gasteiger partial charge in [-0.15, -0.1) is 0 Å². The van der Waals surface area contributed by atoms with Gasteiger partial charge in [0.15, 0.2) is 5.69 Å². The number of anilines is 1. The van der Waals surface area contributed by atoms with Gasteiger partial charge in [-0.05, 0) is 26.7 Å². The first kappa shape index (κ1) is 17.2. The second kappa shape index (κ2) is 7.18. The van der Waals surface area contributed by atoms with Gasteiger partial charge < -0.3 is 15.2 Å². The van der Waals surface area contributed by atoms with Gasteiger partial charge >= 0.3 is 0 Å². The number of amides is 1. The van der Waals surface area contributed by atoms with Crippen molar-refractivity contribution >= 4 is 11.7 Å². The second-order valence-electron chi connectivity index (χ2n) is 6.57. The van der Waals surface area contributed by atoms with Crippen LogP contribution in [0.5, 0.6) is 0 Å². The molecule has 1 aliphatic rings. The highest BCUT2D eigenvalue weighted by atomic mass is 16.5. The smallest absolute Gasteiger partial charge is 0.273 e. The van der Waals surface area contributed by atoms with Gasteiger partial charge in [0, 0.05) is 43.5 Å². The number of aromatic nitrogens is 5. The van der Waals surface area contributed by atoms with Gasteiger partial charge in [-0.25, -0.2) is 15.0 Å². The van der Waals surface area contributed by atoms with E-state index < -0.39 is 0 Å². The number of nitrogens with zero attached hydrogens (tertiary/aromatic N) is 5. The van der Waals surface area contributed by atoms with E-state index in [1.807, 2.05) is 30.7 Å². The molecule has 1 amide bonds. The highest BCUT2D eigenvalue weighted by Crippen LogP contribution is 2.40. The fraction of sp³-hybridized carbons (Fsp3) is 0.389. The Kier molecular flexibility index (Phi) is 4.57. The van der Waals surface area contributed by atoms with Crippen LogP contribution in [0.4, 0.5) is 5.82 Å². The summed E-state index contributed by atoms with van der Waals surface area (Å²) in [5.41, 5.74) is 0.327. The number of hydrogen-bond acceptors (Lipinski definition) is 7. The van der Waals surface area contributed by atoms with Crippen LogP contribution in [0.15, 0.2) is 29.0 Å². The largest absolute Gasteiger partial charge is 0.368 e. The summed E-state index contributed by atoms with van der Waals surface area (Å²) in [4.78, 5) is 25.1. The van der Waals surface area contributed by atoms with Crippen LogP contribution in [0.2, 0.25) is 0 Å². The first-order valence-electron chi connectivity index (χ1n) is 8.95. The van der Waals surface area contributed by atoms with E-state index in [0.717, 1.165) is 30.2 Å². The number of carbonyl (C=O) groups excluding carboxylic acids is 1. The van der Waals surface area contributed by atoms with Crippen LogP contribution in [-0.4, -0.2) is 43.7 Å². The number of aryl methyl sites for hydroxylation is 2. The molecule has 0 unspecified atom stereocenters. The Morgan fingerprint density at radius 3 is 2.85 bits per heavy atom. The van der Waals surface area contributed by atoms with Crippen LogP contribution in [0.3, 0.4) is 0 Å². The van der Waals surface area contributed by atoms with Crippen LogP contribution in [0, 0.1) is 13.8 Å². The van der Waals surface area contributed by atoms with E-state index in [9.17, 15) is 4.79 Å². The fourth-order valence-corrected chi connectivity index (χ4v) is 2.80. The first-order chi connectivity index (χ1) is 13.1. The normalized spacial score (nSPS) is 13.6. The Hall–Kier alpha value is -3.23. The van der Waals surface area contributed by atoms with Gasteiger partial charge in [0.25, 0.3) is 5.91 Å². The second-order valence-corrected chi connectivity index (χ2v) is 6.57. The summed E-state index contributed by atoms with van der Waals surface area (Å²) < 4.78 is 7.10. The Morgan fingerprint density at radius 1 is 1.26 bits per heavy atom. The third kappa shape index (κ3) is 3.97. The van der Waals surface area contributed by atoms with E-state index in [0.29, 0.717) is 36.3 Å². The van der Waals surface area contributed by atoms with Crippen molar-refractivity contribution in [2.45, 2.75) is 32.6 Å². The van der Waals surface area contributed by atoms with Crippen molar-refractivity contribution in [3.8, 4) is 5.82 Å². The number of nitrogens with one attached hydrogen (secondary N) is 2. The molecule has 0 radical (unpaired) electrons. The molecule has 2 N–H and O–H groups in total. The summed E-state index contributed by atoms with van der Waals surface area (Å²) in [5, 5.41) is 9.87. The van der Waals surface area contributed by atoms with E-state index in [4.69, 9.17) is 4.52 Å². The maximum absolute atomic E-state index is 12.1. The predicted octanol–water partition coefficient (Wildman–Crippen LogP) is 1.99. The first-order valence-corrected chi connectivity index (χ1v) is 8.95. The summed E-state index contributed by atoms with van der Waals surface area (Å²) in [6.45, 7) is 4.72. The molecule has 3 aromatic heterocycles. The molecule has 27 heavy (non-hydrogen) atoms. The quantitative estimate of drug-likeness (QED) is 0.614. The average molecular weight is 367 g/mol. The number of rotatable bonds is 7. The maximum atomic E-state index is 12.1. The van der Waals surface area contributed by atoms with Crippen molar-refractivity contribution < 1.29 is 9.32 Å². The predicted molar refractivity (Wildman–Crippen MR) is 97.9 cm³/mol. The zero-order valence-electron chi connectivity index (χ0n) is 15.3. The Morgan fingerprint density at radius 2 is 2.11 bits per heavy atom. The Labute approximate surface area is 156 Å². The molecule has 140 valence electrons. The van der Waals surface area contributed by atoms with Crippen LogP contribution in [0.25, 0.3) is 5.82 Å². The lowest BCUT2D eigenvalue weighted by Crippen LogP contribution is -2.29. The van der Waals surface area contributed by atoms with Gasteiger partial charge in [-0.2, -0.15) is 0 Å². The van der Waals surface area contributed by atoms with Crippen molar-refractivity contribution in [2.24, 2.45) is 0 Å². The molecule has 1 aliphatic carbocycles. The monoisotopic (exact) mass is 367 g/mol. The molecule has 1 saturated carbocycles. The topological polar surface area (TPSA) is 111 Å². The Balaban J connectivity index is 1.31. The van der Waals surface area contributed by atoms with Crippen LogP contribution >= 0.6 is 0 Å². The van der Waals surface area contributed by atoms with Crippen LogP contribution < -0.4 is 10.6 Å². The lowest BCUT2D eigenvalue weighted by atomic mass is 10.3. The third-order valence-electron chi connectivity index (χ3n) is 4.35. The molecular formula is C18H21N7O2.